The van der Waals surface area contributed by atoms with Crippen LogP contribution in [-0.4, -0.2) is 5.78 Å². The highest BCUT2D eigenvalue weighted by molar-refractivity contribution is 5.92. The van der Waals surface area contributed by atoms with E-state index in [-0.39, 0.29) is 0 Å². The van der Waals surface area contributed by atoms with Crippen molar-refractivity contribution in [2.24, 2.45) is 35.0 Å². The number of carbonyl (C=O) groups is 1. The summed E-state index contributed by atoms with van der Waals surface area (Å²) < 4.78 is 0. The molecule has 4 aliphatic rings. The van der Waals surface area contributed by atoms with Crippen molar-refractivity contribution in [3.8, 4) is 11.8 Å². The Morgan fingerprint density at radius 1 is 1.15 bits per heavy atom. The monoisotopic (exact) mass is 356 g/mol. The van der Waals surface area contributed by atoms with Crippen molar-refractivity contribution < 1.29 is 4.79 Å². The molecule has 1 aromatic carbocycles. The van der Waals surface area contributed by atoms with Gasteiger partial charge in [-0.05, 0) is 78.6 Å². The SMILES string of the molecule is C[C@@]12CCC[C@H]1[C@@H]1C=CC3=CC(=O)CC[C@@H]3[C@H]1[C@@H](C#Cc1ccccc1)C2. The number of benzene rings is 1. The Morgan fingerprint density at radius 3 is 2.85 bits per heavy atom. The van der Waals surface area contributed by atoms with Crippen LogP contribution in [-0.2, 0) is 4.79 Å². The molecule has 138 valence electrons. The summed E-state index contributed by atoms with van der Waals surface area (Å²) >= 11 is 0. The summed E-state index contributed by atoms with van der Waals surface area (Å²) in [6.45, 7) is 2.52. The topological polar surface area (TPSA) is 17.1 Å². The van der Waals surface area contributed by atoms with Crippen LogP contribution in [0.5, 0.6) is 0 Å². The van der Waals surface area contributed by atoms with Crippen molar-refractivity contribution >= 4 is 5.78 Å². The first-order valence-corrected chi connectivity index (χ1v) is 10.6. The number of hydrogen-bond donors (Lipinski definition) is 0. The second-order valence-corrected chi connectivity index (χ2v) is 9.37. The molecule has 0 bridgehead atoms. The van der Waals surface area contributed by atoms with E-state index in [1.165, 1.54) is 31.3 Å². The fourth-order valence-electron chi connectivity index (χ4n) is 6.64. The third-order valence-corrected chi connectivity index (χ3v) is 7.83. The maximum Gasteiger partial charge on any atom is 0.155 e. The van der Waals surface area contributed by atoms with Crippen LogP contribution in [0, 0.1) is 46.8 Å². The molecule has 0 radical (unpaired) electrons. The Morgan fingerprint density at radius 2 is 2.00 bits per heavy atom. The lowest BCUT2D eigenvalue weighted by molar-refractivity contribution is -0.115. The van der Waals surface area contributed by atoms with Gasteiger partial charge in [-0.25, -0.2) is 0 Å². The molecular weight excluding hydrogens is 328 g/mol. The van der Waals surface area contributed by atoms with E-state index in [4.69, 9.17) is 0 Å². The molecule has 0 aliphatic heterocycles. The molecule has 1 heteroatoms. The standard InChI is InChI=1S/C26H28O/c1-26-15-5-8-24(26)23-13-11-19-16-21(27)12-14-22(19)25(23)20(17-26)10-9-18-6-3-2-4-7-18/h2-4,6-7,11,13,16,20,22-25H,5,8,12,14-15,17H2,1H3/t20-,22-,23-,24-,25+,26-/m0/s1. The van der Waals surface area contributed by atoms with E-state index in [1.54, 1.807) is 0 Å². The summed E-state index contributed by atoms with van der Waals surface area (Å²) in [6.07, 6.45) is 13.7. The quantitative estimate of drug-likeness (QED) is 0.555. The molecule has 0 spiro atoms. The third kappa shape index (κ3) is 2.91. The zero-order valence-corrected chi connectivity index (χ0v) is 16.2. The smallest absolute Gasteiger partial charge is 0.155 e. The molecule has 0 N–H and O–H groups in total. The molecule has 1 aromatic rings. The molecule has 0 unspecified atom stereocenters. The molecule has 0 amide bonds. The lowest BCUT2D eigenvalue weighted by Gasteiger charge is -2.53. The highest BCUT2D eigenvalue weighted by atomic mass is 16.1. The van der Waals surface area contributed by atoms with Crippen molar-refractivity contribution in [2.45, 2.75) is 45.4 Å². The summed E-state index contributed by atoms with van der Waals surface area (Å²) in [5.74, 6) is 10.5. The van der Waals surface area contributed by atoms with Gasteiger partial charge in [-0.1, -0.05) is 55.5 Å². The molecule has 1 nitrogen and oxygen atoms in total. The van der Waals surface area contributed by atoms with Crippen LogP contribution in [0.15, 0.2) is 54.1 Å². The second kappa shape index (κ2) is 6.52. The summed E-state index contributed by atoms with van der Waals surface area (Å²) in [5.41, 5.74) is 2.84. The molecule has 27 heavy (non-hydrogen) atoms. The van der Waals surface area contributed by atoms with Gasteiger partial charge in [0.2, 0.25) is 0 Å². The Kier molecular flexibility index (Phi) is 4.12. The van der Waals surface area contributed by atoms with Crippen molar-refractivity contribution in [3.63, 3.8) is 0 Å². The molecular formula is C26H28O. The normalized spacial score (nSPS) is 39.5. The van der Waals surface area contributed by atoms with E-state index in [2.05, 4.69) is 55.2 Å². The molecule has 0 aromatic heterocycles. The summed E-state index contributed by atoms with van der Waals surface area (Å²) in [7, 11) is 0. The number of carbonyl (C=O) groups excluding carboxylic acids is 1. The van der Waals surface area contributed by atoms with Crippen LogP contribution in [0.1, 0.15) is 51.0 Å². The third-order valence-electron chi connectivity index (χ3n) is 7.83. The number of fused-ring (bicyclic) bond motifs is 5. The minimum absolute atomic E-state index is 0.304. The zero-order chi connectivity index (χ0) is 18.4. The van der Waals surface area contributed by atoms with E-state index in [1.807, 2.05) is 12.1 Å². The summed E-state index contributed by atoms with van der Waals surface area (Å²) in [4.78, 5) is 12.0. The number of rotatable bonds is 0. The first kappa shape index (κ1) is 17.1. The first-order valence-electron chi connectivity index (χ1n) is 10.6. The number of ketones is 1. The number of allylic oxidation sites excluding steroid dienone is 4. The Balaban J connectivity index is 1.55. The molecule has 4 aliphatic carbocycles. The highest BCUT2D eigenvalue weighted by Crippen LogP contribution is 2.61. The predicted octanol–water partition coefficient (Wildman–Crippen LogP) is 5.57. The molecule has 2 saturated carbocycles. The zero-order valence-electron chi connectivity index (χ0n) is 16.2. The van der Waals surface area contributed by atoms with Crippen molar-refractivity contribution in [1.82, 2.24) is 0 Å². The minimum Gasteiger partial charge on any atom is -0.295 e. The fourth-order valence-corrected chi connectivity index (χ4v) is 6.64. The van der Waals surface area contributed by atoms with E-state index in [9.17, 15) is 4.79 Å². The first-order chi connectivity index (χ1) is 13.1. The molecule has 2 fully saturated rings. The van der Waals surface area contributed by atoms with Gasteiger partial charge in [-0.2, -0.15) is 0 Å². The summed E-state index contributed by atoms with van der Waals surface area (Å²) in [6, 6.07) is 10.4. The van der Waals surface area contributed by atoms with E-state index in [0.717, 1.165) is 17.9 Å². The van der Waals surface area contributed by atoms with Gasteiger partial charge < -0.3 is 0 Å². The van der Waals surface area contributed by atoms with Crippen molar-refractivity contribution in [2.75, 3.05) is 0 Å². The maximum absolute atomic E-state index is 12.0. The highest BCUT2D eigenvalue weighted by Gasteiger charge is 2.54. The molecule has 0 heterocycles. The lowest BCUT2D eigenvalue weighted by atomic mass is 9.51. The predicted molar refractivity (Wildman–Crippen MR) is 109 cm³/mol. The van der Waals surface area contributed by atoms with Gasteiger partial charge >= 0.3 is 0 Å². The van der Waals surface area contributed by atoms with Gasteiger partial charge in [0.15, 0.2) is 5.78 Å². The Bertz CT molecular complexity index is 864. The van der Waals surface area contributed by atoms with Crippen molar-refractivity contribution in [1.29, 1.82) is 0 Å². The lowest BCUT2D eigenvalue weighted by Crippen LogP contribution is -2.47. The van der Waals surface area contributed by atoms with Gasteiger partial charge in [0.25, 0.3) is 0 Å². The van der Waals surface area contributed by atoms with Gasteiger partial charge in [0.05, 0.1) is 0 Å². The molecule has 5 rings (SSSR count). The summed E-state index contributed by atoms with van der Waals surface area (Å²) in [5, 5.41) is 0. The average molecular weight is 357 g/mol. The van der Waals surface area contributed by atoms with Crippen LogP contribution < -0.4 is 0 Å². The van der Waals surface area contributed by atoms with Crippen LogP contribution in [0.3, 0.4) is 0 Å². The van der Waals surface area contributed by atoms with Crippen LogP contribution >= 0.6 is 0 Å². The minimum atomic E-state index is 0.304. The van der Waals surface area contributed by atoms with Crippen LogP contribution in [0.4, 0.5) is 0 Å². The number of hydrogen-bond acceptors (Lipinski definition) is 1. The second-order valence-electron chi connectivity index (χ2n) is 9.37. The van der Waals surface area contributed by atoms with E-state index in [0.29, 0.717) is 41.3 Å². The van der Waals surface area contributed by atoms with Gasteiger partial charge in [-0.3, -0.25) is 4.79 Å². The van der Waals surface area contributed by atoms with Crippen LogP contribution in [0.2, 0.25) is 0 Å². The van der Waals surface area contributed by atoms with Gasteiger partial charge in [-0.15, -0.1) is 0 Å². The average Bonchev–Trinajstić information content (AvgIpc) is 3.07. The van der Waals surface area contributed by atoms with Crippen LogP contribution in [0.25, 0.3) is 0 Å². The molecule has 0 saturated heterocycles. The fraction of sp³-hybridized carbons (Fsp3) is 0.500. The van der Waals surface area contributed by atoms with E-state index >= 15 is 0 Å². The van der Waals surface area contributed by atoms with E-state index < -0.39 is 0 Å². The largest absolute Gasteiger partial charge is 0.295 e. The van der Waals surface area contributed by atoms with Gasteiger partial charge in [0.1, 0.15) is 0 Å². The van der Waals surface area contributed by atoms with Crippen molar-refractivity contribution in [3.05, 3.63) is 59.7 Å². The Labute approximate surface area is 162 Å². The van der Waals surface area contributed by atoms with Gasteiger partial charge in [0, 0.05) is 17.9 Å². The molecule has 6 atom stereocenters. The Hall–Kier alpha value is -2.07. The maximum atomic E-state index is 12.0.